The molecule has 0 saturated heterocycles. The molecule has 0 atom stereocenters. The number of fused-ring (bicyclic) bond motifs is 1. The second-order valence-electron chi connectivity index (χ2n) is 9.11. The third-order valence-electron chi connectivity index (χ3n) is 6.11. The molecule has 0 fully saturated rings. The molecule has 1 heterocycles. The van der Waals surface area contributed by atoms with E-state index in [4.69, 9.17) is 4.74 Å². The van der Waals surface area contributed by atoms with E-state index in [-0.39, 0.29) is 16.8 Å². The van der Waals surface area contributed by atoms with Crippen LogP contribution in [0, 0.1) is 6.92 Å². The number of ether oxygens (including phenoxy) is 1. The lowest BCUT2D eigenvalue weighted by molar-refractivity contribution is 0.0526. The van der Waals surface area contributed by atoms with Crippen molar-refractivity contribution in [2.45, 2.75) is 65.2 Å². The Balaban J connectivity index is 2.00. The monoisotopic (exact) mass is 377 g/mol. The maximum atomic E-state index is 11.9. The molecule has 0 unspecified atom stereocenters. The number of hydrogen-bond acceptors (Lipinski definition) is 3. The Kier molecular flexibility index (Phi) is 5.22. The fraction of sp³-hybridized carbons (Fsp3) is 0.440. The SMILES string of the molecule is C=C(c1ccc(C(=O)OCC)cn1)c1cc2c(cc1C)C(C)(C)CCC2(C)C. The maximum absolute atomic E-state index is 11.9. The summed E-state index contributed by atoms with van der Waals surface area (Å²) in [6, 6.07) is 8.26. The Morgan fingerprint density at radius 3 is 2.25 bits per heavy atom. The molecule has 0 amide bonds. The van der Waals surface area contributed by atoms with Gasteiger partial charge in [-0.25, -0.2) is 4.79 Å². The summed E-state index contributed by atoms with van der Waals surface area (Å²) in [6.07, 6.45) is 3.94. The third kappa shape index (κ3) is 3.63. The van der Waals surface area contributed by atoms with E-state index < -0.39 is 0 Å². The highest BCUT2D eigenvalue weighted by Crippen LogP contribution is 2.47. The molecule has 3 heteroatoms. The molecule has 0 aliphatic heterocycles. The van der Waals surface area contributed by atoms with Crippen molar-refractivity contribution < 1.29 is 9.53 Å². The third-order valence-corrected chi connectivity index (χ3v) is 6.11. The Labute approximate surface area is 168 Å². The lowest BCUT2D eigenvalue weighted by atomic mass is 9.62. The van der Waals surface area contributed by atoms with Crippen LogP contribution in [0.4, 0.5) is 0 Å². The average Bonchev–Trinajstić information content (AvgIpc) is 2.65. The number of esters is 1. The van der Waals surface area contributed by atoms with Gasteiger partial charge < -0.3 is 4.74 Å². The summed E-state index contributed by atoms with van der Waals surface area (Å²) in [4.78, 5) is 16.3. The van der Waals surface area contributed by atoms with Gasteiger partial charge in [-0.15, -0.1) is 0 Å². The number of carbonyl (C=O) groups is 1. The maximum Gasteiger partial charge on any atom is 0.339 e. The van der Waals surface area contributed by atoms with Crippen LogP contribution < -0.4 is 0 Å². The van der Waals surface area contributed by atoms with Crippen molar-refractivity contribution in [1.82, 2.24) is 4.98 Å². The van der Waals surface area contributed by atoms with E-state index >= 15 is 0 Å². The van der Waals surface area contributed by atoms with Gasteiger partial charge in [0.2, 0.25) is 0 Å². The fourth-order valence-corrected chi connectivity index (χ4v) is 4.09. The number of aryl methyl sites for hydroxylation is 1. The van der Waals surface area contributed by atoms with Crippen molar-refractivity contribution >= 4 is 11.5 Å². The Morgan fingerprint density at radius 1 is 1.11 bits per heavy atom. The van der Waals surface area contributed by atoms with Crippen LogP contribution in [0.1, 0.15) is 85.8 Å². The average molecular weight is 378 g/mol. The number of aromatic nitrogens is 1. The molecule has 1 aliphatic carbocycles. The molecule has 1 aliphatic rings. The molecule has 2 aromatic rings. The van der Waals surface area contributed by atoms with Crippen LogP contribution in [0.25, 0.3) is 5.57 Å². The van der Waals surface area contributed by atoms with Crippen LogP contribution in [0.5, 0.6) is 0 Å². The molecule has 28 heavy (non-hydrogen) atoms. The molecular weight excluding hydrogens is 346 g/mol. The van der Waals surface area contributed by atoms with Crippen LogP contribution in [0.3, 0.4) is 0 Å². The summed E-state index contributed by atoms with van der Waals surface area (Å²) in [6.45, 7) is 17.9. The van der Waals surface area contributed by atoms with Gasteiger partial charge in [-0.3, -0.25) is 4.98 Å². The van der Waals surface area contributed by atoms with Crippen LogP contribution >= 0.6 is 0 Å². The van der Waals surface area contributed by atoms with Gasteiger partial charge in [0.1, 0.15) is 0 Å². The molecule has 3 rings (SSSR count). The summed E-state index contributed by atoms with van der Waals surface area (Å²) in [5.41, 5.74) is 7.66. The number of hydrogen-bond donors (Lipinski definition) is 0. The van der Waals surface area contributed by atoms with Crippen LogP contribution in [-0.4, -0.2) is 17.6 Å². The number of nitrogens with zero attached hydrogens (tertiary/aromatic N) is 1. The molecule has 0 saturated carbocycles. The zero-order valence-electron chi connectivity index (χ0n) is 18.0. The van der Waals surface area contributed by atoms with Gasteiger partial charge in [-0.2, -0.15) is 0 Å². The molecule has 0 radical (unpaired) electrons. The van der Waals surface area contributed by atoms with Crippen LogP contribution in [0.2, 0.25) is 0 Å². The van der Waals surface area contributed by atoms with E-state index in [0.29, 0.717) is 12.2 Å². The zero-order valence-corrected chi connectivity index (χ0v) is 18.0. The molecule has 0 N–H and O–H groups in total. The van der Waals surface area contributed by atoms with E-state index in [1.54, 1.807) is 19.2 Å². The van der Waals surface area contributed by atoms with Crippen molar-refractivity contribution in [3.8, 4) is 0 Å². The van der Waals surface area contributed by atoms with Crippen molar-refractivity contribution in [2.24, 2.45) is 0 Å². The molecular formula is C25H31NO2. The number of rotatable bonds is 4. The molecule has 0 spiro atoms. The van der Waals surface area contributed by atoms with Gasteiger partial charge in [-0.05, 0) is 78.0 Å². The van der Waals surface area contributed by atoms with Crippen LogP contribution in [0.15, 0.2) is 37.0 Å². The van der Waals surface area contributed by atoms with Crippen LogP contribution in [-0.2, 0) is 15.6 Å². The van der Waals surface area contributed by atoms with Crippen molar-refractivity contribution in [3.05, 3.63) is 70.6 Å². The highest BCUT2D eigenvalue weighted by Gasteiger charge is 2.37. The van der Waals surface area contributed by atoms with E-state index in [0.717, 1.165) is 16.8 Å². The quantitative estimate of drug-likeness (QED) is 0.616. The number of benzene rings is 1. The Hall–Kier alpha value is -2.42. The Bertz CT molecular complexity index is 920. The summed E-state index contributed by atoms with van der Waals surface area (Å²) < 4.78 is 5.04. The molecule has 148 valence electrons. The first kappa shape index (κ1) is 20.3. The minimum Gasteiger partial charge on any atom is -0.462 e. The van der Waals surface area contributed by atoms with E-state index in [1.165, 1.54) is 29.5 Å². The molecule has 3 nitrogen and oxygen atoms in total. The predicted molar refractivity (Wildman–Crippen MR) is 115 cm³/mol. The van der Waals surface area contributed by atoms with Gasteiger partial charge in [0.25, 0.3) is 0 Å². The standard InChI is InChI=1S/C25H31NO2/c1-8-28-23(27)18-9-10-22(26-15-18)17(3)19-14-21-20(13-16(19)2)24(4,5)11-12-25(21,6)7/h9-10,13-15H,3,8,11-12H2,1-2,4-7H3. The second kappa shape index (κ2) is 7.20. The minimum absolute atomic E-state index is 0.148. The fourth-order valence-electron chi connectivity index (χ4n) is 4.09. The van der Waals surface area contributed by atoms with Gasteiger partial charge in [0.15, 0.2) is 0 Å². The van der Waals surface area contributed by atoms with Gasteiger partial charge in [0, 0.05) is 11.8 Å². The van der Waals surface area contributed by atoms with Crippen molar-refractivity contribution in [3.63, 3.8) is 0 Å². The molecule has 0 bridgehead atoms. The predicted octanol–water partition coefficient (Wildman–Crippen LogP) is 5.98. The topological polar surface area (TPSA) is 39.2 Å². The summed E-state index contributed by atoms with van der Waals surface area (Å²) in [5, 5.41) is 0. The highest BCUT2D eigenvalue weighted by atomic mass is 16.5. The van der Waals surface area contributed by atoms with E-state index in [2.05, 4.69) is 58.3 Å². The smallest absolute Gasteiger partial charge is 0.339 e. The highest BCUT2D eigenvalue weighted by molar-refractivity contribution is 5.89. The first-order valence-electron chi connectivity index (χ1n) is 10.1. The minimum atomic E-state index is -0.346. The summed E-state index contributed by atoms with van der Waals surface area (Å²) >= 11 is 0. The van der Waals surface area contributed by atoms with E-state index in [9.17, 15) is 4.79 Å². The zero-order chi connectivity index (χ0) is 20.7. The molecule has 1 aromatic carbocycles. The summed E-state index contributed by atoms with van der Waals surface area (Å²) in [7, 11) is 0. The van der Waals surface area contributed by atoms with Crippen molar-refractivity contribution in [1.29, 1.82) is 0 Å². The van der Waals surface area contributed by atoms with Gasteiger partial charge in [-0.1, -0.05) is 40.3 Å². The summed E-state index contributed by atoms with van der Waals surface area (Å²) in [5.74, 6) is -0.346. The number of pyridine rings is 1. The first-order valence-corrected chi connectivity index (χ1v) is 10.1. The van der Waals surface area contributed by atoms with Gasteiger partial charge in [0.05, 0.1) is 17.9 Å². The van der Waals surface area contributed by atoms with E-state index in [1.807, 2.05) is 6.07 Å². The number of carbonyl (C=O) groups excluding carboxylic acids is 1. The Morgan fingerprint density at radius 2 is 1.71 bits per heavy atom. The largest absolute Gasteiger partial charge is 0.462 e. The lowest BCUT2D eigenvalue weighted by Crippen LogP contribution is -2.34. The second-order valence-corrected chi connectivity index (χ2v) is 9.11. The van der Waals surface area contributed by atoms with Crippen molar-refractivity contribution in [2.75, 3.05) is 6.61 Å². The molecule has 1 aromatic heterocycles. The first-order chi connectivity index (χ1) is 13.1. The van der Waals surface area contributed by atoms with Gasteiger partial charge >= 0.3 is 5.97 Å². The lowest BCUT2D eigenvalue weighted by Gasteiger charge is -2.42. The normalized spacial score (nSPS) is 16.9.